The maximum absolute atomic E-state index is 12.1. The number of carboxylic acid groups (broad SMARTS) is 1. The molecule has 114 valence electrons. The molecule has 6 heteroatoms. The Morgan fingerprint density at radius 1 is 1.38 bits per heavy atom. The number of carboxylic acids is 1. The summed E-state index contributed by atoms with van der Waals surface area (Å²) in [4.78, 5) is 24.8. The summed E-state index contributed by atoms with van der Waals surface area (Å²) in [7, 11) is 0. The second-order valence-electron chi connectivity index (χ2n) is 5.28. The Bertz CT molecular complexity index is 540. The monoisotopic (exact) mass is 354 g/mol. The SMILES string of the molecule is Cc1cccc(NCC(=O)N2CCC(C(=O)O)CC2)c1Br. The van der Waals surface area contributed by atoms with E-state index >= 15 is 0 Å². The van der Waals surface area contributed by atoms with Crippen LogP contribution in [0.5, 0.6) is 0 Å². The molecule has 5 nitrogen and oxygen atoms in total. The average Bonchev–Trinajstić information content (AvgIpc) is 2.48. The van der Waals surface area contributed by atoms with E-state index in [0.29, 0.717) is 25.9 Å². The van der Waals surface area contributed by atoms with E-state index in [1.165, 1.54) is 0 Å². The summed E-state index contributed by atoms with van der Waals surface area (Å²) in [6.07, 6.45) is 1.07. The number of carbonyl (C=O) groups excluding carboxylic acids is 1. The molecule has 2 rings (SSSR count). The lowest BCUT2D eigenvalue weighted by Gasteiger charge is -2.30. The molecule has 21 heavy (non-hydrogen) atoms. The quantitative estimate of drug-likeness (QED) is 0.871. The summed E-state index contributed by atoms with van der Waals surface area (Å²) in [5.74, 6) is -1.07. The van der Waals surface area contributed by atoms with E-state index in [9.17, 15) is 9.59 Å². The van der Waals surface area contributed by atoms with E-state index in [1.807, 2.05) is 25.1 Å². The third-order valence-corrected chi connectivity index (χ3v) is 4.87. The van der Waals surface area contributed by atoms with Crippen LogP contribution in [0.25, 0.3) is 0 Å². The summed E-state index contributed by atoms with van der Waals surface area (Å²) in [5.41, 5.74) is 2.00. The van der Waals surface area contributed by atoms with Gasteiger partial charge in [-0.15, -0.1) is 0 Å². The topological polar surface area (TPSA) is 69.6 Å². The van der Waals surface area contributed by atoms with Crippen molar-refractivity contribution in [2.75, 3.05) is 25.0 Å². The van der Waals surface area contributed by atoms with E-state index in [0.717, 1.165) is 15.7 Å². The molecular weight excluding hydrogens is 336 g/mol. The fraction of sp³-hybridized carbons (Fsp3) is 0.467. The van der Waals surface area contributed by atoms with Gasteiger partial charge >= 0.3 is 5.97 Å². The van der Waals surface area contributed by atoms with Crippen molar-refractivity contribution in [2.24, 2.45) is 5.92 Å². The molecule has 1 saturated heterocycles. The van der Waals surface area contributed by atoms with Crippen LogP contribution in [0, 0.1) is 12.8 Å². The number of rotatable bonds is 4. The van der Waals surface area contributed by atoms with Crippen molar-refractivity contribution >= 4 is 33.5 Å². The van der Waals surface area contributed by atoms with Crippen LogP contribution in [0.1, 0.15) is 18.4 Å². The Labute approximate surface area is 132 Å². The van der Waals surface area contributed by atoms with E-state index in [4.69, 9.17) is 5.11 Å². The van der Waals surface area contributed by atoms with Crippen molar-refractivity contribution in [3.8, 4) is 0 Å². The number of amides is 1. The molecule has 0 radical (unpaired) electrons. The highest BCUT2D eigenvalue weighted by Gasteiger charge is 2.26. The van der Waals surface area contributed by atoms with Gasteiger partial charge in [-0.05, 0) is 47.3 Å². The molecule has 0 atom stereocenters. The Morgan fingerprint density at radius 3 is 2.67 bits per heavy atom. The largest absolute Gasteiger partial charge is 0.481 e. The van der Waals surface area contributed by atoms with E-state index in [2.05, 4.69) is 21.2 Å². The first-order valence-corrected chi connectivity index (χ1v) is 7.78. The number of carbonyl (C=O) groups is 2. The van der Waals surface area contributed by atoms with Crippen molar-refractivity contribution in [1.29, 1.82) is 0 Å². The number of piperidine rings is 1. The number of anilines is 1. The molecule has 1 aliphatic heterocycles. The van der Waals surface area contributed by atoms with Crippen LogP contribution in [0.4, 0.5) is 5.69 Å². The van der Waals surface area contributed by atoms with Gasteiger partial charge in [-0.3, -0.25) is 9.59 Å². The van der Waals surface area contributed by atoms with Crippen LogP contribution in [0.3, 0.4) is 0 Å². The minimum absolute atomic E-state index is 0.00671. The maximum atomic E-state index is 12.1. The third-order valence-electron chi connectivity index (χ3n) is 3.82. The number of hydrogen-bond acceptors (Lipinski definition) is 3. The number of aryl methyl sites for hydroxylation is 1. The van der Waals surface area contributed by atoms with Crippen molar-refractivity contribution < 1.29 is 14.7 Å². The summed E-state index contributed by atoms with van der Waals surface area (Å²) < 4.78 is 0.961. The molecule has 1 heterocycles. The minimum atomic E-state index is -0.760. The zero-order valence-corrected chi connectivity index (χ0v) is 13.5. The molecular formula is C15H19BrN2O3. The molecule has 1 fully saturated rings. The van der Waals surface area contributed by atoms with Crippen LogP contribution < -0.4 is 5.32 Å². The zero-order chi connectivity index (χ0) is 15.4. The summed E-state index contributed by atoms with van der Waals surface area (Å²) >= 11 is 3.50. The van der Waals surface area contributed by atoms with Crippen LogP contribution >= 0.6 is 15.9 Å². The second kappa shape index (κ2) is 6.93. The fourth-order valence-corrected chi connectivity index (χ4v) is 2.85. The smallest absolute Gasteiger partial charge is 0.306 e. The van der Waals surface area contributed by atoms with Gasteiger partial charge in [-0.25, -0.2) is 0 Å². The number of likely N-dealkylation sites (tertiary alicyclic amines) is 1. The number of hydrogen-bond donors (Lipinski definition) is 2. The predicted molar refractivity (Wildman–Crippen MR) is 84.3 cm³/mol. The Morgan fingerprint density at radius 2 is 2.05 bits per heavy atom. The minimum Gasteiger partial charge on any atom is -0.481 e. The van der Waals surface area contributed by atoms with Crippen molar-refractivity contribution in [3.05, 3.63) is 28.2 Å². The number of halogens is 1. The van der Waals surface area contributed by atoms with E-state index in [-0.39, 0.29) is 18.4 Å². The molecule has 1 aromatic rings. The first-order valence-electron chi connectivity index (χ1n) is 6.98. The lowest BCUT2D eigenvalue weighted by atomic mass is 9.97. The zero-order valence-electron chi connectivity index (χ0n) is 11.9. The fourth-order valence-electron chi connectivity index (χ4n) is 2.44. The molecule has 0 aliphatic carbocycles. The van der Waals surface area contributed by atoms with Gasteiger partial charge in [-0.1, -0.05) is 12.1 Å². The Balaban J connectivity index is 1.85. The lowest BCUT2D eigenvalue weighted by Crippen LogP contribution is -2.42. The number of aliphatic carboxylic acids is 1. The summed E-state index contributed by atoms with van der Waals surface area (Å²) in [6.45, 7) is 3.26. The van der Waals surface area contributed by atoms with Gasteiger partial charge in [0.25, 0.3) is 0 Å². The highest BCUT2D eigenvalue weighted by molar-refractivity contribution is 9.10. The van der Waals surface area contributed by atoms with Gasteiger partial charge in [0.1, 0.15) is 0 Å². The van der Waals surface area contributed by atoms with E-state index in [1.54, 1.807) is 4.90 Å². The normalized spacial score (nSPS) is 15.8. The van der Waals surface area contributed by atoms with Crippen LogP contribution in [0.15, 0.2) is 22.7 Å². The van der Waals surface area contributed by atoms with Crippen LogP contribution in [0.2, 0.25) is 0 Å². The highest BCUT2D eigenvalue weighted by Crippen LogP contribution is 2.25. The summed E-state index contributed by atoms with van der Waals surface area (Å²) in [6, 6.07) is 5.85. The highest BCUT2D eigenvalue weighted by atomic mass is 79.9. The van der Waals surface area contributed by atoms with Gasteiger partial charge in [0.2, 0.25) is 5.91 Å². The van der Waals surface area contributed by atoms with Crippen LogP contribution in [-0.2, 0) is 9.59 Å². The van der Waals surface area contributed by atoms with Crippen molar-refractivity contribution in [1.82, 2.24) is 4.90 Å². The van der Waals surface area contributed by atoms with Gasteiger partial charge < -0.3 is 15.3 Å². The van der Waals surface area contributed by atoms with Crippen molar-refractivity contribution in [2.45, 2.75) is 19.8 Å². The summed E-state index contributed by atoms with van der Waals surface area (Å²) in [5, 5.41) is 12.1. The van der Waals surface area contributed by atoms with E-state index < -0.39 is 5.97 Å². The molecule has 1 amide bonds. The first kappa shape index (κ1) is 15.8. The Kier molecular flexibility index (Phi) is 5.22. The second-order valence-corrected chi connectivity index (χ2v) is 6.08. The van der Waals surface area contributed by atoms with Crippen molar-refractivity contribution in [3.63, 3.8) is 0 Å². The molecule has 1 aliphatic rings. The number of nitrogens with one attached hydrogen (secondary N) is 1. The molecule has 1 aromatic carbocycles. The number of benzene rings is 1. The van der Waals surface area contributed by atoms with Gasteiger partial charge in [-0.2, -0.15) is 0 Å². The predicted octanol–water partition coefficient (Wildman–Crippen LogP) is 2.49. The molecule has 2 N–H and O–H groups in total. The average molecular weight is 355 g/mol. The molecule has 0 saturated carbocycles. The maximum Gasteiger partial charge on any atom is 0.306 e. The standard InChI is InChI=1S/C15H19BrN2O3/c1-10-3-2-4-12(14(10)16)17-9-13(19)18-7-5-11(6-8-18)15(20)21/h2-4,11,17H,5-9H2,1H3,(H,20,21). The Hall–Kier alpha value is -1.56. The van der Waals surface area contributed by atoms with Gasteiger partial charge in [0.05, 0.1) is 12.5 Å². The third kappa shape index (κ3) is 3.97. The first-order chi connectivity index (χ1) is 9.99. The van der Waals surface area contributed by atoms with Crippen LogP contribution in [-0.4, -0.2) is 41.5 Å². The molecule has 0 unspecified atom stereocenters. The molecule has 0 aromatic heterocycles. The van der Waals surface area contributed by atoms with Gasteiger partial charge in [0.15, 0.2) is 0 Å². The molecule has 0 spiro atoms. The lowest BCUT2D eigenvalue weighted by molar-refractivity contribution is -0.145. The van der Waals surface area contributed by atoms with Gasteiger partial charge in [0, 0.05) is 23.2 Å². The number of nitrogens with zero attached hydrogens (tertiary/aromatic N) is 1. The molecule has 0 bridgehead atoms.